The van der Waals surface area contributed by atoms with Crippen LogP contribution in [0.1, 0.15) is 51.4 Å². The van der Waals surface area contributed by atoms with Crippen LogP contribution >= 0.6 is 0 Å². The van der Waals surface area contributed by atoms with Crippen molar-refractivity contribution in [3.63, 3.8) is 0 Å². The predicted octanol–water partition coefficient (Wildman–Crippen LogP) is 1.63. The lowest BCUT2D eigenvalue weighted by Crippen LogP contribution is -2.47. The van der Waals surface area contributed by atoms with E-state index in [1.807, 2.05) is 4.90 Å². The van der Waals surface area contributed by atoms with Gasteiger partial charge in [0.15, 0.2) is 0 Å². The van der Waals surface area contributed by atoms with E-state index in [1.54, 1.807) is 0 Å². The van der Waals surface area contributed by atoms with Gasteiger partial charge in [0, 0.05) is 31.1 Å². The van der Waals surface area contributed by atoms with Crippen molar-refractivity contribution in [3.8, 4) is 0 Å². The number of rotatable bonds is 3. The Hall–Kier alpha value is -1.26. The normalized spacial score (nSPS) is 27.4. The third kappa shape index (κ3) is 3.07. The first-order chi connectivity index (χ1) is 9.72. The highest BCUT2D eigenvalue weighted by atomic mass is 16.2. The SMILES string of the molecule is O=C(NC1CCCC1)N[C@H]1CCN(C(=O)C2CCC2)C1. The molecule has 0 aromatic heterocycles. The molecule has 3 rings (SSSR count). The Bertz CT molecular complexity index is 375. The minimum Gasteiger partial charge on any atom is -0.340 e. The van der Waals surface area contributed by atoms with Crippen molar-refractivity contribution in [1.29, 1.82) is 0 Å². The van der Waals surface area contributed by atoms with Gasteiger partial charge in [-0.05, 0) is 32.1 Å². The number of hydrogen-bond acceptors (Lipinski definition) is 2. The molecule has 0 radical (unpaired) electrons. The van der Waals surface area contributed by atoms with Crippen LogP contribution in [-0.4, -0.2) is 42.0 Å². The van der Waals surface area contributed by atoms with Crippen LogP contribution in [0.5, 0.6) is 0 Å². The van der Waals surface area contributed by atoms with Crippen LogP contribution in [0.3, 0.4) is 0 Å². The molecule has 0 spiro atoms. The molecule has 3 aliphatic rings. The van der Waals surface area contributed by atoms with Crippen molar-refractivity contribution in [1.82, 2.24) is 15.5 Å². The first-order valence-corrected chi connectivity index (χ1v) is 8.08. The fraction of sp³-hybridized carbons (Fsp3) is 0.867. The highest BCUT2D eigenvalue weighted by Crippen LogP contribution is 2.29. The standard InChI is InChI=1S/C15H25N3O2/c19-14(11-4-3-5-11)18-9-8-13(10-18)17-15(20)16-12-6-1-2-7-12/h11-13H,1-10H2,(H2,16,17,20)/t13-/m0/s1. The Morgan fingerprint density at radius 2 is 1.55 bits per heavy atom. The van der Waals surface area contributed by atoms with Gasteiger partial charge in [-0.2, -0.15) is 0 Å². The summed E-state index contributed by atoms with van der Waals surface area (Å²) in [7, 11) is 0. The molecule has 3 amide bonds. The molecule has 3 fully saturated rings. The van der Waals surface area contributed by atoms with E-state index in [9.17, 15) is 9.59 Å². The van der Waals surface area contributed by atoms with Gasteiger partial charge in [-0.1, -0.05) is 19.3 Å². The van der Waals surface area contributed by atoms with Gasteiger partial charge in [-0.25, -0.2) is 4.79 Å². The predicted molar refractivity (Wildman–Crippen MR) is 76.2 cm³/mol. The Labute approximate surface area is 120 Å². The van der Waals surface area contributed by atoms with Gasteiger partial charge in [-0.15, -0.1) is 0 Å². The summed E-state index contributed by atoms with van der Waals surface area (Å²) in [6, 6.07) is 0.421. The number of likely N-dealkylation sites (tertiary alicyclic amines) is 1. The van der Waals surface area contributed by atoms with Crippen molar-refractivity contribution in [2.45, 2.75) is 63.5 Å². The van der Waals surface area contributed by atoms with Crippen LogP contribution in [-0.2, 0) is 4.79 Å². The summed E-state index contributed by atoms with van der Waals surface area (Å²) < 4.78 is 0. The maximum atomic E-state index is 12.1. The molecule has 1 atom stereocenters. The van der Waals surface area contributed by atoms with Crippen molar-refractivity contribution >= 4 is 11.9 Å². The molecular weight excluding hydrogens is 254 g/mol. The van der Waals surface area contributed by atoms with E-state index in [4.69, 9.17) is 0 Å². The summed E-state index contributed by atoms with van der Waals surface area (Å²) in [4.78, 5) is 26.0. The molecule has 20 heavy (non-hydrogen) atoms. The number of carbonyl (C=O) groups is 2. The fourth-order valence-electron chi connectivity index (χ4n) is 3.47. The van der Waals surface area contributed by atoms with Gasteiger partial charge in [0.05, 0.1) is 0 Å². The molecule has 0 unspecified atom stereocenters. The third-order valence-electron chi connectivity index (χ3n) is 4.98. The minimum absolute atomic E-state index is 0.0557. The van der Waals surface area contributed by atoms with E-state index in [0.717, 1.165) is 38.6 Å². The van der Waals surface area contributed by atoms with E-state index >= 15 is 0 Å². The van der Waals surface area contributed by atoms with E-state index in [-0.39, 0.29) is 18.0 Å². The number of nitrogens with zero attached hydrogens (tertiary/aromatic N) is 1. The van der Waals surface area contributed by atoms with Gasteiger partial charge >= 0.3 is 6.03 Å². The second kappa shape index (κ2) is 6.02. The number of amides is 3. The summed E-state index contributed by atoms with van der Waals surface area (Å²) in [5.74, 6) is 0.567. The summed E-state index contributed by atoms with van der Waals surface area (Å²) in [6.07, 6.45) is 8.82. The largest absolute Gasteiger partial charge is 0.340 e. The second-order valence-corrected chi connectivity index (χ2v) is 6.50. The molecule has 1 heterocycles. The van der Waals surface area contributed by atoms with Crippen LogP contribution in [0.2, 0.25) is 0 Å². The molecule has 0 aromatic carbocycles. The molecule has 5 nitrogen and oxygen atoms in total. The summed E-state index contributed by atoms with van der Waals surface area (Å²) in [5.41, 5.74) is 0. The van der Waals surface area contributed by atoms with Crippen LogP contribution in [0.4, 0.5) is 4.79 Å². The number of hydrogen-bond donors (Lipinski definition) is 2. The summed E-state index contributed by atoms with van der Waals surface area (Å²) >= 11 is 0. The van der Waals surface area contributed by atoms with E-state index in [2.05, 4.69) is 10.6 Å². The van der Waals surface area contributed by atoms with E-state index < -0.39 is 0 Å². The van der Waals surface area contributed by atoms with Crippen molar-refractivity contribution in [2.24, 2.45) is 5.92 Å². The Morgan fingerprint density at radius 1 is 0.850 bits per heavy atom. The zero-order valence-electron chi connectivity index (χ0n) is 12.1. The van der Waals surface area contributed by atoms with E-state index in [0.29, 0.717) is 18.5 Å². The first kappa shape index (κ1) is 13.7. The minimum atomic E-state index is -0.0557. The smallest absolute Gasteiger partial charge is 0.315 e. The zero-order chi connectivity index (χ0) is 13.9. The monoisotopic (exact) mass is 279 g/mol. The molecule has 1 aliphatic heterocycles. The average molecular weight is 279 g/mol. The van der Waals surface area contributed by atoms with E-state index in [1.165, 1.54) is 19.3 Å². The third-order valence-corrected chi connectivity index (χ3v) is 4.98. The van der Waals surface area contributed by atoms with Gasteiger partial charge in [-0.3, -0.25) is 4.79 Å². The lowest BCUT2D eigenvalue weighted by molar-refractivity contribution is -0.137. The topological polar surface area (TPSA) is 61.4 Å². The Kier molecular flexibility index (Phi) is 4.13. The maximum absolute atomic E-state index is 12.1. The second-order valence-electron chi connectivity index (χ2n) is 6.50. The van der Waals surface area contributed by atoms with Gasteiger partial charge in [0.1, 0.15) is 0 Å². The number of nitrogens with one attached hydrogen (secondary N) is 2. The fourth-order valence-corrected chi connectivity index (χ4v) is 3.47. The zero-order valence-corrected chi connectivity index (χ0v) is 12.1. The molecule has 2 aliphatic carbocycles. The van der Waals surface area contributed by atoms with Crippen molar-refractivity contribution < 1.29 is 9.59 Å². The van der Waals surface area contributed by atoms with Crippen LogP contribution < -0.4 is 10.6 Å². The summed E-state index contributed by atoms with van der Waals surface area (Å²) in [6.45, 7) is 1.48. The number of carbonyl (C=O) groups excluding carboxylic acids is 2. The molecule has 0 bridgehead atoms. The van der Waals surface area contributed by atoms with Crippen molar-refractivity contribution in [2.75, 3.05) is 13.1 Å². The summed E-state index contributed by atoms with van der Waals surface area (Å²) in [5, 5.41) is 6.06. The van der Waals surface area contributed by atoms with Crippen LogP contribution in [0.25, 0.3) is 0 Å². The average Bonchev–Trinajstić information content (AvgIpc) is 2.98. The van der Waals surface area contributed by atoms with Crippen LogP contribution in [0.15, 0.2) is 0 Å². The molecule has 112 valence electrons. The quantitative estimate of drug-likeness (QED) is 0.825. The maximum Gasteiger partial charge on any atom is 0.315 e. The molecule has 1 saturated heterocycles. The van der Waals surface area contributed by atoms with Crippen LogP contribution in [0, 0.1) is 5.92 Å². The molecule has 2 N–H and O–H groups in total. The highest BCUT2D eigenvalue weighted by Gasteiger charge is 2.34. The van der Waals surface area contributed by atoms with Gasteiger partial charge in [0.25, 0.3) is 0 Å². The first-order valence-electron chi connectivity index (χ1n) is 8.08. The van der Waals surface area contributed by atoms with Crippen molar-refractivity contribution in [3.05, 3.63) is 0 Å². The highest BCUT2D eigenvalue weighted by molar-refractivity contribution is 5.80. The number of urea groups is 1. The van der Waals surface area contributed by atoms with Gasteiger partial charge in [0.2, 0.25) is 5.91 Å². The lowest BCUT2D eigenvalue weighted by atomic mass is 9.84. The molecule has 5 heteroatoms. The molecule has 0 aromatic rings. The lowest BCUT2D eigenvalue weighted by Gasteiger charge is -2.29. The molecular formula is C15H25N3O2. The molecule has 2 saturated carbocycles. The van der Waals surface area contributed by atoms with Gasteiger partial charge < -0.3 is 15.5 Å². The Morgan fingerprint density at radius 3 is 2.20 bits per heavy atom. The Balaban J connectivity index is 1.40.